The molecule has 0 aliphatic rings. The Morgan fingerprint density at radius 3 is 2.33 bits per heavy atom. The van der Waals surface area contributed by atoms with Crippen LogP contribution in [-0.4, -0.2) is 50.0 Å². The first kappa shape index (κ1) is 17.5. The molecule has 0 aliphatic carbocycles. The Kier molecular flexibility index (Phi) is 7.02. The molecule has 0 amide bonds. The lowest BCUT2D eigenvalue weighted by molar-refractivity contribution is -0.887. The number of ether oxygens (including phenoxy) is 1. The Morgan fingerprint density at radius 1 is 1.33 bits per heavy atom. The van der Waals surface area contributed by atoms with Crippen molar-refractivity contribution in [1.82, 2.24) is 0 Å². The van der Waals surface area contributed by atoms with Gasteiger partial charge in [-0.2, -0.15) is 0 Å². The normalized spacial score (nSPS) is 17.0. The molecule has 0 saturated carbocycles. The highest BCUT2D eigenvalue weighted by atomic mass is 31.2. The van der Waals surface area contributed by atoms with E-state index in [1.807, 2.05) is 6.92 Å². The van der Waals surface area contributed by atoms with Crippen LogP contribution < -0.4 is 0 Å². The number of phosphoric ester groups is 1. The molecule has 18 heavy (non-hydrogen) atoms. The second-order valence-electron chi connectivity index (χ2n) is 5.04. The second kappa shape index (κ2) is 7.21. The Morgan fingerprint density at radius 2 is 1.89 bits per heavy atom. The lowest BCUT2D eigenvalue weighted by Crippen LogP contribution is -2.36. The van der Waals surface area contributed by atoms with E-state index in [1.54, 1.807) is 28.1 Å². The van der Waals surface area contributed by atoms with Crippen molar-refractivity contribution in [3.8, 4) is 0 Å². The summed E-state index contributed by atoms with van der Waals surface area (Å²) in [5.41, 5.74) is 0. The van der Waals surface area contributed by atoms with Crippen molar-refractivity contribution in [3.63, 3.8) is 0 Å². The van der Waals surface area contributed by atoms with Gasteiger partial charge in [-0.1, -0.05) is 13.8 Å². The maximum absolute atomic E-state index is 11.4. The van der Waals surface area contributed by atoms with E-state index in [-0.39, 0.29) is 12.6 Å². The highest BCUT2D eigenvalue weighted by molar-refractivity contribution is 7.47. The van der Waals surface area contributed by atoms with Crippen LogP contribution in [0.3, 0.4) is 0 Å². The Bertz CT molecular complexity index is 314. The summed E-state index contributed by atoms with van der Waals surface area (Å²) in [6.07, 6.45) is 0.633. The SMILES string of the molecule is CCC(C)C(=O)OCOP(=O)(O)OC[15N+]([13CH3])([13CH3])[13CH3]. The van der Waals surface area contributed by atoms with Crippen molar-refractivity contribution < 1.29 is 32.5 Å². The lowest BCUT2D eigenvalue weighted by Gasteiger charge is -2.24. The van der Waals surface area contributed by atoms with Crippen LogP contribution in [0, 0.1) is 5.92 Å². The molecule has 108 valence electrons. The average Bonchev–Trinajstić information content (AvgIpc) is 2.24. The minimum Gasteiger partial charge on any atom is -0.438 e. The third kappa shape index (κ3) is 8.60. The zero-order chi connectivity index (χ0) is 14.4. The third-order valence-electron chi connectivity index (χ3n) is 2.04. The molecular formula is C10H23NO6P+. The summed E-state index contributed by atoms with van der Waals surface area (Å²) in [5, 5.41) is 0. The summed E-state index contributed by atoms with van der Waals surface area (Å²) in [4.78, 5) is 20.6. The van der Waals surface area contributed by atoms with Gasteiger partial charge in [0.05, 0.1) is 27.1 Å². The smallest absolute Gasteiger partial charge is 0.438 e. The first-order chi connectivity index (χ1) is 8.07. The lowest BCUT2D eigenvalue weighted by atomic mass is 10.1. The molecule has 0 aliphatic heterocycles. The number of esters is 1. The Labute approximate surface area is 108 Å². The number of carbonyl (C=O) groups is 1. The molecule has 0 heterocycles. The summed E-state index contributed by atoms with van der Waals surface area (Å²) in [5.74, 6) is -0.733. The van der Waals surface area contributed by atoms with Crippen molar-refractivity contribution in [2.75, 3.05) is 34.7 Å². The van der Waals surface area contributed by atoms with Crippen LogP contribution in [0.25, 0.3) is 0 Å². The highest BCUT2D eigenvalue weighted by Gasteiger charge is 2.25. The van der Waals surface area contributed by atoms with E-state index in [4.69, 9.17) is 4.52 Å². The number of hydrogen-bond acceptors (Lipinski definition) is 5. The number of nitrogens with zero attached hydrogens (tertiary/aromatic N) is 1. The fourth-order valence-corrected chi connectivity index (χ4v) is 1.50. The van der Waals surface area contributed by atoms with E-state index in [1.165, 1.54) is 0 Å². The fourth-order valence-electron chi connectivity index (χ4n) is 0.743. The molecule has 0 saturated heterocycles. The van der Waals surface area contributed by atoms with E-state index in [9.17, 15) is 14.3 Å². The largest absolute Gasteiger partial charge is 0.479 e. The maximum Gasteiger partial charge on any atom is 0.479 e. The minimum absolute atomic E-state index is 0.00703. The van der Waals surface area contributed by atoms with Gasteiger partial charge in [-0.05, 0) is 6.42 Å². The van der Waals surface area contributed by atoms with Crippen LogP contribution >= 0.6 is 7.82 Å². The molecule has 0 aromatic rings. The van der Waals surface area contributed by atoms with Gasteiger partial charge in [0.2, 0.25) is 6.79 Å². The molecule has 2 atom stereocenters. The summed E-state index contributed by atoms with van der Waals surface area (Å²) in [6.45, 7) is 2.96. The average molecular weight is 288 g/mol. The number of phosphoric acid groups is 1. The molecule has 7 nitrogen and oxygen atoms in total. The molecule has 8 heteroatoms. The molecule has 2 unspecified atom stereocenters. The van der Waals surface area contributed by atoms with Gasteiger partial charge in [0.1, 0.15) is 0 Å². The van der Waals surface area contributed by atoms with E-state index in [0.717, 1.165) is 0 Å². The van der Waals surface area contributed by atoms with E-state index < -0.39 is 20.6 Å². The molecule has 0 fully saturated rings. The monoisotopic (exact) mass is 288 g/mol. The molecule has 0 spiro atoms. The molecule has 0 radical (unpaired) electrons. The van der Waals surface area contributed by atoms with Gasteiger partial charge in [0.15, 0.2) is 6.73 Å². The molecule has 1 N–H and O–H groups in total. The van der Waals surface area contributed by atoms with Crippen LogP contribution in [0.2, 0.25) is 0 Å². The third-order valence-corrected chi connectivity index (χ3v) is 2.91. The van der Waals surface area contributed by atoms with E-state index in [2.05, 4.69) is 9.26 Å². The van der Waals surface area contributed by atoms with Crippen LogP contribution in [0.1, 0.15) is 20.3 Å². The van der Waals surface area contributed by atoms with E-state index >= 15 is 0 Å². The highest BCUT2D eigenvalue weighted by Crippen LogP contribution is 2.43. The zero-order valence-electron chi connectivity index (χ0n) is 11.6. The van der Waals surface area contributed by atoms with Gasteiger partial charge >= 0.3 is 13.8 Å². The zero-order valence-corrected chi connectivity index (χ0v) is 12.5. The van der Waals surface area contributed by atoms with E-state index in [0.29, 0.717) is 10.9 Å². The van der Waals surface area contributed by atoms with Crippen molar-refractivity contribution in [3.05, 3.63) is 0 Å². The minimum atomic E-state index is -4.18. The molecule has 0 aromatic carbocycles. The summed E-state index contributed by atoms with van der Waals surface area (Å²) >= 11 is 0. The Hall–Kier alpha value is -0.460. The quantitative estimate of drug-likeness (QED) is 0.181. The van der Waals surface area contributed by atoms with Crippen molar-refractivity contribution in [1.29, 1.82) is 0 Å². The second-order valence-corrected chi connectivity index (χ2v) is 6.49. The van der Waals surface area contributed by atoms with Crippen LogP contribution in [0.5, 0.6) is 0 Å². The number of carbonyl (C=O) groups excluding carboxylic acids is 1. The molecule has 0 bridgehead atoms. The summed E-state index contributed by atoms with van der Waals surface area (Å²) in [6, 6.07) is 0. The summed E-state index contributed by atoms with van der Waals surface area (Å²) < 4.78 is 25.7. The molecule has 0 rings (SSSR count). The predicted octanol–water partition coefficient (Wildman–Crippen LogP) is 1.33. The predicted molar refractivity (Wildman–Crippen MR) is 65.3 cm³/mol. The van der Waals surface area contributed by atoms with Crippen LogP contribution in [-0.2, 0) is 23.1 Å². The van der Waals surface area contributed by atoms with Crippen LogP contribution in [0.4, 0.5) is 0 Å². The first-order valence-electron chi connectivity index (χ1n) is 5.66. The first-order valence-corrected chi connectivity index (χ1v) is 7.16. The van der Waals surface area contributed by atoms with Crippen molar-refractivity contribution in [2.24, 2.45) is 5.92 Å². The van der Waals surface area contributed by atoms with Gasteiger partial charge in [0.25, 0.3) is 0 Å². The number of quaternary nitrogens is 1. The maximum atomic E-state index is 11.4. The Balaban J connectivity index is 3.98. The standard InChI is InChI=1S/C10H22NO6P/c1-6-9(2)10(12)15-8-17-18(13,14)16-7-11(3,4)5/h9H,6-8H2,1-5H3/p+1/i3+1,4+1,5+1,11+1. The van der Waals surface area contributed by atoms with Gasteiger partial charge < -0.3 is 14.1 Å². The van der Waals surface area contributed by atoms with Gasteiger partial charge in [-0.25, -0.2) is 13.6 Å². The fraction of sp³-hybridized carbons (Fsp3) is 0.900. The topological polar surface area (TPSA) is 82.1 Å². The van der Waals surface area contributed by atoms with Crippen molar-refractivity contribution >= 4 is 13.8 Å². The molecular weight excluding hydrogens is 265 g/mol. The van der Waals surface area contributed by atoms with Gasteiger partial charge in [-0.3, -0.25) is 4.79 Å². The van der Waals surface area contributed by atoms with Crippen LogP contribution in [0.15, 0.2) is 0 Å². The molecule has 0 aromatic heterocycles. The van der Waals surface area contributed by atoms with Gasteiger partial charge in [0, 0.05) is 0 Å². The summed E-state index contributed by atoms with van der Waals surface area (Å²) in [7, 11) is 1.21. The number of rotatable bonds is 8. The number of hydrogen-bond donors (Lipinski definition) is 1. The van der Waals surface area contributed by atoms with Crippen molar-refractivity contribution in [2.45, 2.75) is 20.3 Å². The van der Waals surface area contributed by atoms with Gasteiger partial charge in [-0.15, -0.1) is 0 Å².